The number of rotatable bonds is 6. The molecule has 1 aliphatic heterocycles. The van der Waals surface area contributed by atoms with Crippen LogP contribution in [0.1, 0.15) is 36.7 Å². The Morgan fingerprint density at radius 1 is 1.35 bits per heavy atom. The van der Waals surface area contributed by atoms with Gasteiger partial charge in [-0.25, -0.2) is 9.78 Å². The Kier molecular flexibility index (Phi) is 6.33. The van der Waals surface area contributed by atoms with Crippen LogP contribution in [0.5, 0.6) is 0 Å². The highest BCUT2D eigenvalue weighted by Gasteiger charge is 2.19. The van der Waals surface area contributed by atoms with Gasteiger partial charge < -0.3 is 15.0 Å². The molecule has 0 unspecified atom stereocenters. The Bertz CT molecular complexity index is 569. The van der Waals surface area contributed by atoms with E-state index in [-0.39, 0.29) is 31.2 Å². The summed E-state index contributed by atoms with van der Waals surface area (Å²) in [6, 6.07) is 0. The molecule has 126 valence electrons. The normalized spacial score (nSPS) is 13.7. The van der Waals surface area contributed by atoms with Gasteiger partial charge in [0.05, 0.1) is 12.1 Å². The Morgan fingerprint density at radius 2 is 2.09 bits per heavy atom. The first-order chi connectivity index (χ1) is 11.1. The fraction of sp³-hybridized carbons (Fsp3) is 0.571. The number of carbonyl (C=O) groups is 3. The highest BCUT2D eigenvalue weighted by molar-refractivity contribution is 7.14. The summed E-state index contributed by atoms with van der Waals surface area (Å²) in [6.07, 6.45) is 1.71. The van der Waals surface area contributed by atoms with Crippen molar-refractivity contribution >= 4 is 34.2 Å². The number of anilines is 1. The predicted molar refractivity (Wildman–Crippen MR) is 85.5 cm³/mol. The van der Waals surface area contributed by atoms with E-state index in [1.807, 2.05) is 4.90 Å². The summed E-state index contributed by atoms with van der Waals surface area (Å²) >= 11 is 1.13. The summed E-state index contributed by atoms with van der Waals surface area (Å²) in [7, 11) is 0. The van der Waals surface area contributed by atoms with E-state index in [0.29, 0.717) is 5.00 Å². The van der Waals surface area contributed by atoms with E-state index in [2.05, 4.69) is 15.6 Å². The number of thiazole rings is 1. The highest BCUT2D eigenvalue weighted by atomic mass is 32.1. The molecule has 0 spiro atoms. The molecule has 0 aliphatic carbocycles. The molecule has 0 bridgehead atoms. The molecular formula is C14H20N4O4S. The number of carbonyl (C=O) groups excluding carboxylic acids is 3. The fourth-order valence-electron chi connectivity index (χ4n) is 2.25. The van der Waals surface area contributed by atoms with Gasteiger partial charge in [0.2, 0.25) is 5.91 Å². The van der Waals surface area contributed by atoms with Gasteiger partial charge in [-0.2, -0.15) is 0 Å². The number of aromatic nitrogens is 1. The molecule has 0 atom stereocenters. The Balaban J connectivity index is 1.80. The molecule has 9 heteroatoms. The molecule has 0 radical (unpaired) electrons. The molecule has 1 aliphatic rings. The molecule has 1 fully saturated rings. The predicted octanol–water partition coefficient (Wildman–Crippen LogP) is 1.45. The first-order valence-electron chi connectivity index (χ1n) is 7.55. The van der Waals surface area contributed by atoms with Crippen LogP contribution in [-0.2, 0) is 9.53 Å². The molecule has 1 saturated heterocycles. The van der Waals surface area contributed by atoms with Crippen molar-refractivity contribution in [2.75, 3.05) is 31.6 Å². The van der Waals surface area contributed by atoms with Crippen molar-refractivity contribution in [2.24, 2.45) is 0 Å². The molecule has 23 heavy (non-hydrogen) atoms. The number of hydrogen-bond acceptors (Lipinski definition) is 6. The largest absolute Gasteiger partial charge is 0.450 e. The van der Waals surface area contributed by atoms with Gasteiger partial charge in [-0.05, 0) is 19.8 Å². The minimum absolute atomic E-state index is 0.0472. The van der Waals surface area contributed by atoms with Crippen molar-refractivity contribution in [1.29, 1.82) is 0 Å². The standard InChI is InChI=1S/C14H20N4O4S/c1-2-22-14(21)17-13-11(16-9-23-13)12(20)15-6-5-10(19)18-7-3-4-8-18/h9H,2-8H2,1H3,(H,15,20)(H,17,21). The maximum absolute atomic E-state index is 12.1. The lowest BCUT2D eigenvalue weighted by atomic mass is 10.3. The topological polar surface area (TPSA) is 101 Å². The molecule has 0 saturated carbocycles. The average Bonchev–Trinajstić information content (AvgIpc) is 3.18. The molecule has 2 heterocycles. The Labute approximate surface area is 138 Å². The van der Waals surface area contributed by atoms with Gasteiger partial charge in [0.1, 0.15) is 5.00 Å². The van der Waals surface area contributed by atoms with Gasteiger partial charge in [-0.15, -0.1) is 11.3 Å². The van der Waals surface area contributed by atoms with Crippen LogP contribution < -0.4 is 10.6 Å². The van der Waals surface area contributed by atoms with Gasteiger partial charge in [-0.3, -0.25) is 14.9 Å². The first-order valence-corrected chi connectivity index (χ1v) is 8.43. The number of nitrogens with zero attached hydrogens (tertiary/aromatic N) is 2. The van der Waals surface area contributed by atoms with Gasteiger partial charge >= 0.3 is 6.09 Å². The maximum atomic E-state index is 12.1. The van der Waals surface area contributed by atoms with Gasteiger partial charge in [0.15, 0.2) is 5.69 Å². The zero-order valence-electron chi connectivity index (χ0n) is 13.0. The summed E-state index contributed by atoms with van der Waals surface area (Å²) in [5.41, 5.74) is 1.59. The van der Waals surface area contributed by atoms with Crippen LogP contribution in [0.3, 0.4) is 0 Å². The number of nitrogens with one attached hydrogen (secondary N) is 2. The van der Waals surface area contributed by atoms with E-state index < -0.39 is 12.0 Å². The van der Waals surface area contributed by atoms with Crippen LogP contribution >= 0.6 is 11.3 Å². The van der Waals surface area contributed by atoms with Gasteiger partial charge in [0, 0.05) is 26.1 Å². The number of likely N-dealkylation sites (tertiary alicyclic amines) is 1. The van der Waals surface area contributed by atoms with E-state index >= 15 is 0 Å². The molecule has 1 aromatic heterocycles. The molecule has 3 amide bonds. The smallest absolute Gasteiger partial charge is 0.412 e. The monoisotopic (exact) mass is 340 g/mol. The average molecular weight is 340 g/mol. The quantitative estimate of drug-likeness (QED) is 0.816. The van der Waals surface area contributed by atoms with E-state index in [1.165, 1.54) is 5.51 Å². The lowest BCUT2D eigenvalue weighted by Gasteiger charge is -2.15. The molecular weight excluding hydrogens is 320 g/mol. The van der Waals surface area contributed by atoms with Crippen LogP contribution in [0.25, 0.3) is 0 Å². The van der Waals surface area contributed by atoms with Crippen LogP contribution in [0.2, 0.25) is 0 Å². The van der Waals surface area contributed by atoms with Crippen molar-refractivity contribution in [1.82, 2.24) is 15.2 Å². The van der Waals surface area contributed by atoms with Crippen molar-refractivity contribution in [3.63, 3.8) is 0 Å². The Morgan fingerprint density at radius 3 is 2.78 bits per heavy atom. The minimum Gasteiger partial charge on any atom is -0.450 e. The second-order valence-corrected chi connectivity index (χ2v) is 5.82. The number of hydrogen-bond donors (Lipinski definition) is 2. The van der Waals surface area contributed by atoms with E-state index in [1.54, 1.807) is 6.92 Å². The summed E-state index contributed by atoms with van der Waals surface area (Å²) in [5.74, 6) is -0.377. The third-order valence-electron chi connectivity index (χ3n) is 3.36. The van der Waals surface area contributed by atoms with Crippen LogP contribution in [0.4, 0.5) is 9.80 Å². The SMILES string of the molecule is CCOC(=O)Nc1scnc1C(=O)NCCC(=O)N1CCCC1. The van der Waals surface area contributed by atoms with E-state index in [0.717, 1.165) is 37.3 Å². The van der Waals surface area contributed by atoms with Crippen LogP contribution in [-0.4, -0.2) is 54.0 Å². The summed E-state index contributed by atoms with van der Waals surface area (Å²) < 4.78 is 4.77. The Hall–Kier alpha value is -2.16. The third-order valence-corrected chi connectivity index (χ3v) is 4.10. The van der Waals surface area contributed by atoms with Crippen molar-refractivity contribution < 1.29 is 19.1 Å². The summed E-state index contributed by atoms with van der Waals surface area (Å²) in [4.78, 5) is 41.1. The lowest BCUT2D eigenvalue weighted by molar-refractivity contribution is -0.129. The van der Waals surface area contributed by atoms with E-state index in [9.17, 15) is 14.4 Å². The van der Waals surface area contributed by atoms with Crippen molar-refractivity contribution in [3.8, 4) is 0 Å². The van der Waals surface area contributed by atoms with Crippen molar-refractivity contribution in [3.05, 3.63) is 11.2 Å². The highest BCUT2D eigenvalue weighted by Crippen LogP contribution is 2.20. The molecule has 2 rings (SSSR count). The van der Waals surface area contributed by atoms with Crippen LogP contribution in [0, 0.1) is 0 Å². The zero-order valence-corrected chi connectivity index (χ0v) is 13.8. The molecule has 0 aromatic carbocycles. The fourth-order valence-corrected chi connectivity index (χ4v) is 2.91. The number of amides is 3. The molecule has 8 nitrogen and oxygen atoms in total. The molecule has 1 aromatic rings. The van der Waals surface area contributed by atoms with Gasteiger partial charge in [0.25, 0.3) is 5.91 Å². The second-order valence-electron chi connectivity index (χ2n) is 4.97. The second kappa shape index (κ2) is 8.47. The third kappa shape index (κ3) is 4.92. The van der Waals surface area contributed by atoms with Gasteiger partial charge in [-0.1, -0.05) is 0 Å². The van der Waals surface area contributed by atoms with Crippen LogP contribution in [0.15, 0.2) is 5.51 Å². The summed E-state index contributed by atoms with van der Waals surface area (Å²) in [6.45, 7) is 3.77. The zero-order chi connectivity index (χ0) is 16.7. The molecule has 2 N–H and O–H groups in total. The lowest BCUT2D eigenvalue weighted by Crippen LogP contribution is -2.33. The summed E-state index contributed by atoms with van der Waals surface area (Å²) in [5, 5.41) is 5.45. The van der Waals surface area contributed by atoms with Crippen molar-refractivity contribution in [2.45, 2.75) is 26.2 Å². The van der Waals surface area contributed by atoms with E-state index in [4.69, 9.17) is 4.74 Å². The maximum Gasteiger partial charge on any atom is 0.412 e. The number of ether oxygens (including phenoxy) is 1. The minimum atomic E-state index is -0.630. The first kappa shape index (κ1) is 17.2.